The maximum absolute atomic E-state index is 8.66. The molecule has 2 atom stereocenters. The van der Waals surface area contributed by atoms with Gasteiger partial charge < -0.3 is 10.2 Å². The molecule has 0 fully saturated rings. The van der Waals surface area contributed by atoms with Crippen LogP contribution in [0, 0.1) is 5.92 Å². The van der Waals surface area contributed by atoms with Crippen molar-refractivity contribution in [2.45, 2.75) is 20.0 Å². The summed E-state index contributed by atoms with van der Waals surface area (Å²) in [6.45, 7) is 3.53. The lowest BCUT2D eigenvalue weighted by atomic mass is 10.1. The molecular weight excluding hydrogens is 92.1 g/mol. The first kappa shape index (κ1) is 6.92. The van der Waals surface area contributed by atoms with Gasteiger partial charge in [-0.25, -0.2) is 0 Å². The summed E-state index contributed by atoms with van der Waals surface area (Å²) in [6.07, 6.45) is -0.384. The van der Waals surface area contributed by atoms with Crippen molar-refractivity contribution in [1.82, 2.24) is 0 Å². The first-order valence-corrected chi connectivity index (χ1v) is 2.47. The Morgan fingerprint density at radius 1 is 1.43 bits per heavy atom. The lowest BCUT2D eigenvalue weighted by Gasteiger charge is -2.08. The Morgan fingerprint density at radius 3 is 1.86 bits per heavy atom. The fraction of sp³-hybridized carbons (Fsp3) is 1.00. The molecule has 2 N–H and O–H groups in total. The van der Waals surface area contributed by atoms with Crippen LogP contribution in [0.1, 0.15) is 13.8 Å². The van der Waals surface area contributed by atoms with Crippen molar-refractivity contribution in [2.75, 3.05) is 6.61 Å². The van der Waals surface area contributed by atoms with Crippen molar-refractivity contribution < 1.29 is 10.2 Å². The molecule has 0 heterocycles. The van der Waals surface area contributed by atoms with Gasteiger partial charge in [-0.2, -0.15) is 0 Å². The van der Waals surface area contributed by atoms with Crippen LogP contribution in [0.25, 0.3) is 0 Å². The fourth-order valence-electron chi connectivity index (χ4n) is 0.153. The molecule has 2 nitrogen and oxygen atoms in total. The fourth-order valence-corrected chi connectivity index (χ4v) is 0.153. The van der Waals surface area contributed by atoms with Crippen LogP contribution in [0.4, 0.5) is 0 Å². The van der Waals surface area contributed by atoms with Gasteiger partial charge in [0.2, 0.25) is 0 Å². The van der Waals surface area contributed by atoms with E-state index in [-0.39, 0.29) is 18.6 Å². The highest BCUT2D eigenvalue weighted by Gasteiger charge is 2.04. The second kappa shape index (κ2) is 2.99. The van der Waals surface area contributed by atoms with Gasteiger partial charge in [0.15, 0.2) is 0 Å². The van der Waals surface area contributed by atoms with Gasteiger partial charge in [0.05, 0.1) is 6.10 Å². The molecule has 0 aliphatic heterocycles. The van der Waals surface area contributed by atoms with E-state index in [1.807, 2.05) is 0 Å². The Morgan fingerprint density at radius 2 is 1.86 bits per heavy atom. The smallest absolute Gasteiger partial charge is 0.0559 e. The van der Waals surface area contributed by atoms with Crippen LogP contribution in [0.15, 0.2) is 0 Å². The minimum Gasteiger partial charge on any atom is -0.396 e. The van der Waals surface area contributed by atoms with Crippen molar-refractivity contribution in [3.63, 3.8) is 0 Å². The summed E-state index contributed by atoms with van der Waals surface area (Å²) in [7, 11) is 0. The molecule has 7 heavy (non-hydrogen) atoms. The lowest BCUT2D eigenvalue weighted by molar-refractivity contribution is 0.0913. The van der Waals surface area contributed by atoms with E-state index < -0.39 is 0 Å². The summed E-state index contributed by atoms with van der Waals surface area (Å²) in [5.74, 6) is 0.0139. The number of aliphatic hydroxyl groups excluding tert-OH is 2. The Hall–Kier alpha value is -0.0800. The van der Waals surface area contributed by atoms with Crippen molar-refractivity contribution in [1.29, 1.82) is 0 Å². The largest absolute Gasteiger partial charge is 0.396 e. The summed E-state index contributed by atoms with van der Waals surface area (Å²) in [5.41, 5.74) is 0. The third-order valence-electron chi connectivity index (χ3n) is 1.11. The first-order chi connectivity index (χ1) is 3.18. The summed E-state index contributed by atoms with van der Waals surface area (Å²) in [4.78, 5) is 0. The standard InChI is InChI=1S/C5H12O2/c1-4(3-6)5(2)7/h4-7H,3H2,1-2H3/t4-,5+/m0/s1. The van der Waals surface area contributed by atoms with Crippen LogP contribution in [0.5, 0.6) is 0 Å². The second-order valence-electron chi connectivity index (χ2n) is 1.90. The van der Waals surface area contributed by atoms with Crippen LogP contribution < -0.4 is 0 Å². The average Bonchev–Trinajstić information content (AvgIpc) is 1.65. The molecule has 0 spiro atoms. The van der Waals surface area contributed by atoms with Crippen LogP contribution in [0.2, 0.25) is 0 Å². The van der Waals surface area contributed by atoms with Crippen molar-refractivity contribution in [3.05, 3.63) is 0 Å². The van der Waals surface area contributed by atoms with Gasteiger partial charge in [-0.05, 0) is 6.92 Å². The number of aliphatic hydroxyl groups is 2. The van der Waals surface area contributed by atoms with Crippen LogP contribution in [0.3, 0.4) is 0 Å². The third-order valence-corrected chi connectivity index (χ3v) is 1.11. The molecule has 0 aliphatic carbocycles. The van der Waals surface area contributed by atoms with E-state index in [1.165, 1.54) is 0 Å². The van der Waals surface area contributed by atoms with Crippen molar-refractivity contribution in [3.8, 4) is 0 Å². The third kappa shape index (κ3) is 2.60. The zero-order chi connectivity index (χ0) is 5.86. The Bertz CT molecular complexity index is 43.3. The summed E-state index contributed by atoms with van der Waals surface area (Å²) >= 11 is 0. The molecule has 0 unspecified atom stereocenters. The predicted octanol–water partition coefficient (Wildman–Crippen LogP) is -0.00440. The van der Waals surface area contributed by atoms with Gasteiger partial charge in [0, 0.05) is 12.5 Å². The van der Waals surface area contributed by atoms with Gasteiger partial charge in [-0.15, -0.1) is 0 Å². The maximum Gasteiger partial charge on any atom is 0.0559 e. The second-order valence-corrected chi connectivity index (χ2v) is 1.90. The zero-order valence-corrected chi connectivity index (χ0v) is 4.76. The minimum absolute atomic E-state index is 0.0139. The number of hydrogen-bond donors (Lipinski definition) is 2. The van der Waals surface area contributed by atoms with Crippen molar-refractivity contribution in [2.24, 2.45) is 5.92 Å². The van der Waals surface area contributed by atoms with Crippen molar-refractivity contribution >= 4 is 0 Å². The molecule has 0 aromatic rings. The van der Waals surface area contributed by atoms with E-state index in [1.54, 1.807) is 13.8 Å². The van der Waals surface area contributed by atoms with Gasteiger partial charge in [-0.1, -0.05) is 6.92 Å². The van der Waals surface area contributed by atoms with E-state index >= 15 is 0 Å². The normalized spacial score (nSPS) is 18.9. The quantitative estimate of drug-likeness (QED) is 0.517. The number of hydrogen-bond acceptors (Lipinski definition) is 2. The average molecular weight is 104 g/mol. The lowest BCUT2D eigenvalue weighted by Crippen LogP contribution is -2.16. The monoisotopic (exact) mass is 104 g/mol. The SMILES string of the molecule is C[C@@H](O)[C@@H](C)CO. The van der Waals surface area contributed by atoms with E-state index in [4.69, 9.17) is 10.2 Å². The van der Waals surface area contributed by atoms with Crippen LogP contribution in [-0.2, 0) is 0 Å². The summed E-state index contributed by atoms with van der Waals surface area (Å²) in [6, 6.07) is 0. The highest BCUT2D eigenvalue weighted by atomic mass is 16.3. The van der Waals surface area contributed by atoms with E-state index in [0.717, 1.165) is 0 Å². The molecule has 0 bridgehead atoms. The molecule has 0 aliphatic rings. The molecular formula is C5H12O2. The molecule has 0 saturated carbocycles. The highest BCUT2D eigenvalue weighted by molar-refractivity contribution is 4.54. The highest BCUT2D eigenvalue weighted by Crippen LogP contribution is 1.97. The molecule has 0 amide bonds. The molecule has 0 rings (SSSR count). The summed E-state index contributed by atoms with van der Waals surface area (Å²) in [5, 5.41) is 17.0. The zero-order valence-electron chi connectivity index (χ0n) is 4.76. The molecule has 0 radical (unpaired) electrons. The van der Waals surface area contributed by atoms with E-state index in [9.17, 15) is 0 Å². The van der Waals surface area contributed by atoms with Gasteiger partial charge in [0.25, 0.3) is 0 Å². The molecule has 0 aromatic carbocycles. The Labute approximate surface area is 43.8 Å². The van der Waals surface area contributed by atoms with Crippen LogP contribution in [-0.4, -0.2) is 22.9 Å². The molecule has 0 aromatic heterocycles. The van der Waals surface area contributed by atoms with E-state index in [0.29, 0.717) is 0 Å². The predicted molar refractivity (Wildman–Crippen MR) is 27.9 cm³/mol. The van der Waals surface area contributed by atoms with Gasteiger partial charge in [-0.3, -0.25) is 0 Å². The van der Waals surface area contributed by atoms with Gasteiger partial charge >= 0.3 is 0 Å². The Kier molecular flexibility index (Phi) is 2.96. The Balaban J connectivity index is 3.14. The molecule has 44 valence electrons. The first-order valence-electron chi connectivity index (χ1n) is 2.47. The topological polar surface area (TPSA) is 40.5 Å². The van der Waals surface area contributed by atoms with Crippen LogP contribution >= 0.6 is 0 Å². The molecule has 2 heteroatoms. The number of rotatable bonds is 2. The van der Waals surface area contributed by atoms with E-state index in [2.05, 4.69) is 0 Å². The maximum atomic E-state index is 8.66. The molecule has 0 saturated heterocycles. The van der Waals surface area contributed by atoms with Gasteiger partial charge in [0.1, 0.15) is 0 Å². The summed E-state index contributed by atoms with van der Waals surface area (Å²) < 4.78 is 0. The minimum atomic E-state index is -0.384.